The Bertz CT molecular complexity index is 583. The summed E-state index contributed by atoms with van der Waals surface area (Å²) in [6.07, 6.45) is 0. The summed E-state index contributed by atoms with van der Waals surface area (Å²) < 4.78 is 17.0. The summed E-state index contributed by atoms with van der Waals surface area (Å²) >= 11 is 3.43. The highest BCUT2D eigenvalue weighted by Gasteiger charge is 2.13. The highest BCUT2D eigenvalue weighted by molar-refractivity contribution is 9.10. The van der Waals surface area contributed by atoms with Crippen LogP contribution in [0.3, 0.4) is 0 Å². The van der Waals surface area contributed by atoms with E-state index in [1.54, 1.807) is 12.1 Å². The van der Waals surface area contributed by atoms with Gasteiger partial charge in [0, 0.05) is 6.07 Å². The largest absolute Gasteiger partial charge is 0.490 e. The van der Waals surface area contributed by atoms with Crippen LogP contribution < -0.4 is 9.47 Å². The van der Waals surface area contributed by atoms with Crippen molar-refractivity contribution < 1.29 is 19.1 Å². The average molecular weight is 342 g/mol. The zero-order chi connectivity index (χ0) is 14.5. The Morgan fingerprint density at radius 1 is 1.30 bits per heavy atom. The number of aromatic nitrogens is 1. The van der Waals surface area contributed by atoms with E-state index in [1.165, 1.54) is 0 Å². The molecule has 108 valence electrons. The van der Waals surface area contributed by atoms with Crippen LogP contribution in [-0.2, 0) is 13.2 Å². The van der Waals surface area contributed by atoms with Gasteiger partial charge in [0.1, 0.15) is 18.1 Å². The van der Waals surface area contributed by atoms with Crippen molar-refractivity contribution in [1.82, 2.24) is 5.16 Å². The Morgan fingerprint density at radius 3 is 2.70 bits per heavy atom. The number of aliphatic hydroxyl groups excluding tert-OH is 1. The van der Waals surface area contributed by atoms with Gasteiger partial charge in [-0.25, -0.2) is 0 Å². The maximum atomic E-state index is 9.22. The molecule has 2 rings (SSSR count). The first kappa shape index (κ1) is 14.9. The zero-order valence-electron chi connectivity index (χ0n) is 11.4. The van der Waals surface area contributed by atoms with Gasteiger partial charge in [-0.2, -0.15) is 0 Å². The van der Waals surface area contributed by atoms with Crippen LogP contribution in [0, 0.1) is 6.92 Å². The lowest BCUT2D eigenvalue weighted by molar-refractivity contribution is 0.255. The Hall–Kier alpha value is -1.53. The fraction of sp³-hybridized carbons (Fsp3) is 0.357. The van der Waals surface area contributed by atoms with Crippen molar-refractivity contribution in [3.8, 4) is 11.5 Å². The molecule has 0 atom stereocenters. The molecule has 0 radical (unpaired) electrons. The summed E-state index contributed by atoms with van der Waals surface area (Å²) in [5.41, 5.74) is 1.47. The minimum atomic E-state index is -0.0541. The normalized spacial score (nSPS) is 10.6. The molecule has 0 spiro atoms. The van der Waals surface area contributed by atoms with Crippen molar-refractivity contribution >= 4 is 15.9 Å². The van der Waals surface area contributed by atoms with Gasteiger partial charge in [-0.15, -0.1) is 0 Å². The van der Waals surface area contributed by atoms with Crippen molar-refractivity contribution in [2.45, 2.75) is 27.1 Å². The first-order chi connectivity index (χ1) is 9.63. The molecule has 5 nitrogen and oxygen atoms in total. The summed E-state index contributed by atoms with van der Waals surface area (Å²) in [6, 6.07) is 5.37. The second-order valence-corrected chi connectivity index (χ2v) is 5.07. The van der Waals surface area contributed by atoms with E-state index in [9.17, 15) is 5.11 Å². The summed E-state index contributed by atoms with van der Waals surface area (Å²) in [7, 11) is 0. The quantitative estimate of drug-likeness (QED) is 0.873. The maximum Gasteiger partial charge on any atom is 0.175 e. The summed E-state index contributed by atoms with van der Waals surface area (Å²) in [4.78, 5) is 0. The van der Waals surface area contributed by atoms with Gasteiger partial charge in [-0.05, 0) is 47.5 Å². The van der Waals surface area contributed by atoms with Crippen LogP contribution in [0.2, 0.25) is 0 Å². The number of benzene rings is 1. The van der Waals surface area contributed by atoms with Gasteiger partial charge in [0.05, 0.1) is 17.7 Å². The van der Waals surface area contributed by atoms with Crippen LogP contribution in [0.5, 0.6) is 11.5 Å². The molecular formula is C14H16BrNO4. The molecule has 0 amide bonds. The van der Waals surface area contributed by atoms with Crippen LogP contribution >= 0.6 is 15.9 Å². The Balaban J connectivity index is 2.20. The number of halogens is 1. The molecule has 1 N–H and O–H groups in total. The van der Waals surface area contributed by atoms with Crippen molar-refractivity contribution in [1.29, 1.82) is 0 Å². The van der Waals surface area contributed by atoms with E-state index < -0.39 is 0 Å². The monoisotopic (exact) mass is 341 g/mol. The van der Waals surface area contributed by atoms with Gasteiger partial charge < -0.3 is 19.1 Å². The molecule has 0 saturated carbocycles. The summed E-state index contributed by atoms with van der Waals surface area (Å²) in [5, 5.41) is 13.1. The van der Waals surface area contributed by atoms with Gasteiger partial charge in [0.15, 0.2) is 11.5 Å². The number of rotatable bonds is 6. The van der Waals surface area contributed by atoms with Gasteiger partial charge in [-0.1, -0.05) is 5.16 Å². The molecule has 1 heterocycles. The Morgan fingerprint density at radius 2 is 2.10 bits per heavy atom. The van der Waals surface area contributed by atoms with E-state index >= 15 is 0 Å². The lowest BCUT2D eigenvalue weighted by atomic mass is 10.2. The number of hydrogen-bond acceptors (Lipinski definition) is 5. The second-order valence-electron chi connectivity index (χ2n) is 4.21. The molecule has 0 bridgehead atoms. The van der Waals surface area contributed by atoms with Crippen molar-refractivity contribution in [2.24, 2.45) is 0 Å². The topological polar surface area (TPSA) is 64.7 Å². The van der Waals surface area contributed by atoms with Gasteiger partial charge in [0.2, 0.25) is 0 Å². The van der Waals surface area contributed by atoms with E-state index in [-0.39, 0.29) is 13.2 Å². The molecule has 0 aliphatic heterocycles. The smallest absolute Gasteiger partial charge is 0.175 e. The number of aryl methyl sites for hydroxylation is 1. The van der Waals surface area contributed by atoms with Crippen LogP contribution in [0.15, 0.2) is 27.2 Å². The maximum absolute atomic E-state index is 9.22. The lowest BCUT2D eigenvalue weighted by Gasteiger charge is -2.14. The van der Waals surface area contributed by atoms with Crippen molar-refractivity contribution in [3.63, 3.8) is 0 Å². The third-order valence-electron chi connectivity index (χ3n) is 2.59. The highest BCUT2D eigenvalue weighted by atomic mass is 79.9. The number of hydrogen-bond donors (Lipinski definition) is 1. The number of ether oxygens (including phenoxy) is 2. The molecular weight excluding hydrogens is 326 g/mol. The predicted octanol–water partition coefficient (Wildman–Crippen LogP) is 3.22. The minimum Gasteiger partial charge on any atom is -0.490 e. The Labute approximate surface area is 125 Å². The molecule has 0 saturated heterocycles. The molecule has 1 aromatic carbocycles. The molecule has 0 aliphatic rings. The van der Waals surface area contributed by atoms with E-state index in [1.807, 2.05) is 19.9 Å². The predicted molar refractivity (Wildman–Crippen MR) is 76.8 cm³/mol. The first-order valence-electron chi connectivity index (χ1n) is 6.25. The first-order valence-corrected chi connectivity index (χ1v) is 7.04. The lowest BCUT2D eigenvalue weighted by Crippen LogP contribution is -2.01. The molecule has 2 aromatic rings. The molecule has 0 fully saturated rings. The fourth-order valence-electron chi connectivity index (χ4n) is 1.75. The van der Waals surface area contributed by atoms with Crippen LogP contribution in [0.4, 0.5) is 0 Å². The van der Waals surface area contributed by atoms with Gasteiger partial charge >= 0.3 is 0 Å². The van der Waals surface area contributed by atoms with E-state index in [2.05, 4.69) is 21.1 Å². The summed E-state index contributed by atoms with van der Waals surface area (Å²) in [5.74, 6) is 1.92. The van der Waals surface area contributed by atoms with Gasteiger partial charge in [-0.3, -0.25) is 0 Å². The zero-order valence-corrected chi connectivity index (χ0v) is 12.9. The Kier molecular flexibility index (Phi) is 5.03. The SMILES string of the molecule is CCOc1cc(CO)cc(Br)c1OCc1cc(C)on1. The number of nitrogens with zero attached hydrogens (tertiary/aromatic N) is 1. The second kappa shape index (κ2) is 6.76. The van der Waals surface area contributed by atoms with Crippen molar-refractivity contribution in [3.05, 3.63) is 39.7 Å². The van der Waals surface area contributed by atoms with Crippen LogP contribution in [-0.4, -0.2) is 16.9 Å². The molecule has 20 heavy (non-hydrogen) atoms. The average Bonchev–Trinajstić information content (AvgIpc) is 2.83. The third kappa shape index (κ3) is 3.52. The molecule has 6 heteroatoms. The van der Waals surface area contributed by atoms with E-state index in [0.717, 1.165) is 15.8 Å². The minimum absolute atomic E-state index is 0.0541. The molecule has 0 aliphatic carbocycles. The van der Waals surface area contributed by atoms with Gasteiger partial charge in [0.25, 0.3) is 0 Å². The highest BCUT2D eigenvalue weighted by Crippen LogP contribution is 2.37. The standard InChI is InChI=1S/C14H16BrNO4/c1-3-18-13-6-10(7-17)5-12(15)14(13)19-8-11-4-9(2)20-16-11/h4-6,17H,3,7-8H2,1-2H3. The molecule has 1 aromatic heterocycles. The third-order valence-corrected chi connectivity index (χ3v) is 3.18. The number of aliphatic hydroxyl groups is 1. The van der Waals surface area contributed by atoms with Crippen LogP contribution in [0.25, 0.3) is 0 Å². The summed E-state index contributed by atoms with van der Waals surface area (Å²) in [6.45, 7) is 4.47. The van der Waals surface area contributed by atoms with Crippen LogP contribution in [0.1, 0.15) is 23.9 Å². The van der Waals surface area contributed by atoms with E-state index in [0.29, 0.717) is 23.8 Å². The fourth-order valence-corrected chi connectivity index (χ4v) is 2.35. The van der Waals surface area contributed by atoms with Crippen molar-refractivity contribution in [2.75, 3.05) is 6.61 Å². The van der Waals surface area contributed by atoms with E-state index in [4.69, 9.17) is 14.0 Å². The molecule has 0 unspecified atom stereocenters.